The maximum Gasteiger partial charge on any atom is 0.318 e. The molecule has 2 aliphatic heterocycles. The lowest BCUT2D eigenvalue weighted by molar-refractivity contribution is 0.130. The van der Waals surface area contributed by atoms with Crippen molar-refractivity contribution in [1.29, 1.82) is 0 Å². The molecule has 2 saturated heterocycles. The number of fused-ring (bicyclic) bond motifs is 1. The second-order valence-electron chi connectivity index (χ2n) is 7.66. The van der Waals surface area contributed by atoms with Gasteiger partial charge in [0.25, 0.3) is 0 Å². The van der Waals surface area contributed by atoms with Crippen molar-refractivity contribution >= 4 is 6.03 Å². The summed E-state index contributed by atoms with van der Waals surface area (Å²) in [5.41, 5.74) is 0. The highest BCUT2D eigenvalue weighted by Crippen LogP contribution is 2.47. The predicted molar refractivity (Wildman–Crippen MR) is 84.6 cm³/mol. The molecule has 126 valence electrons. The molecule has 5 rings (SSSR count). The number of amides is 2. The molecule has 1 aromatic heterocycles. The van der Waals surface area contributed by atoms with Crippen molar-refractivity contribution in [3.63, 3.8) is 0 Å². The number of aryl methyl sites for hydroxylation is 1. The summed E-state index contributed by atoms with van der Waals surface area (Å²) in [5.74, 6) is 3.51. The van der Waals surface area contributed by atoms with Crippen LogP contribution < -0.4 is 5.32 Å². The zero-order valence-electron chi connectivity index (χ0n) is 14.0. The van der Waals surface area contributed by atoms with Crippen molar-refractivity contribution in [2.45, 2.75) is 64.5 Å². The number of urea groups is 1. The predicted octanol–water partition coefficient (Wildman–Crippen LogP) is 3.05. The van der Waals surface area contributed by atoms with Crippen LogP contribution in [0.25, 0.3) is 0 Å². The first-order chi connectivity index (χ1) is 11.1. The molecule has 23 heavy (non-hydrogen) atoms. The van der Waals surface area contributed by atoms with Crippen LogP contribution in [-0.4, -0.2) is 33.7 Å². The van der Waals surface area contributed by atoms with E-state index in [2.05, 4.69) is 20.4 Å². The number of hydrogen-bond donors (Lipinski definition) is 1. The minimum atomic E-state index is -0.169. The molecule has 3 heterocycles. The molecule has 0 spiro atoms. The Morgan fingerprint density at radius 2 is 1.96 bits per heavy atom. The van der Waals surface area contributed by atoms with Crippen LogP contribution in [-0.2, 0) is 0 Å². The SMILES string of the molecule is CC[C@H](NC(=O)N1CC2C[C@@H]3CC1C[C@H](C2)C3)c1noc(C)n1. The van der Waals surface area contributed by atoms with E-state index < -0.39 is 0 Å². The van der Waals surface area contributed by atoms with Crippen molar-refractivity contribution in [2.24, 2.45) is 17.8 Å². The molecule has 0 radical (unpaired) electrons. The number of aromatic nitrogens is 2. The van der Waals surface area contributed by atoms with Crippen LogP contribution in [0.15, 0.2) is 4.52 Å². The van der Waals surface area contributed by atoms with Gasteiger partial charge >= 0.3 is 6.03 Å². The van der Waals surface area contributed by atoms with E-state index in [9.17, 15) is 4.79 Å². The summed E-state index contributed by atoms with van der Waals surface area (Å²) in [6.07, 6.45) is 7.17. The molecule has 0 aromatic carbocycles. The van der Waals surface area contributed by atoms with Gasteiger partial charge in [0.15, 0.2) is 5.82 Å². The molecule has 2 saturated carbocycles. The van der Waals surface area contributed by atoms with Crippen LogP contribution in [0.5, 0.6) is 0 Å². The normalized spacial score (nSPS) is 33.6. The summed E-state index contributed by atoms with van der Waals surface area (Å²) < 4.78 is 5.06. The number of rotatable bonds is 3. The Labute approximate surface area is 137 Å². The number of carbonyl (C=O) groups excluding carboxylic acids is 1. The van der Waals surface area contributed by atoms with Crippen LogP contribution in [0.2, 0.25) is 0 Å². The van der Waals surface area contributed by atoms with Crippen LogP contribution >= 0.6 is 0 Å². The van der Waals surface area contributed by atoms with E-state index in [1.165, 1.54) is 32.1 Å². The number of nitrogens with one attached hydrogen (secondary N) is 1. The molecule has 2 unspecified atom stereocenters. The Hall–Kier alpha value is -1.59. The summed E-state index contributed by atoms with van der Waals surface area (Å²) >= 11 is 0. The minimum Gasteiger partial charge on any atom is -0.340 e. The molecule has 4 aliphatic rings. The summed E-state index contributed by atoms with van der Waals surface area (Å²) in [5, 5.41) is 7.11. The molecular weight excluding hydrogens is 292 g/mol. The third-order valence-corrected chi connectivity index (χ3v) is 5.93. The Bertz CT molecular complexity index is 573. The topological polar surface area (TPSA) is 71.3 Å². The summed E-state index contributed by atoms with van der Waals surface area (Å²) in [6.45, 7) is 4.73. The van der Waals surface area contributed by atoms with Crippen LogP contribution in [0, 0.1) is 24.7 Å². The molecule has 2 amide bonds. The molecule has 5 atom stereocenters. The zero-order chi connectivity index (χ0) is 16.0. The number of hydrogen-bond acceptors (Lipinski definition) is 4. The van der Waals surface area contributed by atoms with Gasteiger partial charge < -0.3 is 14.7 Å². The van der Waals surface area contributed by atoms with Gasteiger partial charge in [0, 0.05) is 19.5 Å². The summed E-state index contributed by atoms with van der Waals surface area (Å²) in [4.78, 5) is 19.3. The molecule has 4 bridgehead atoms. The highest BCUT2D eigenvalue weighted by Gasteiger charge is 2.44. The fourth-order valence-corrected chi connectivity index (χ4v) is 5.07. The Balaban J connectivity index is 1.48. The lowest BCUT2D eigenvalue weighted by Crippen LogP contribution is -2.48. The van der Waals surface area contributed by atoms with Gasteiger partial charge in [-0.25, -0.2) is 4.79 Å². The largest absolute Gasteiger partial charge is 0.340 e. The third-order valence-electron chi connectivity index (χ3n) is 5.93. The lowest BCUT2D eigenvalue weighted by atomic mass is 9.68. The lowest BCUT2D eigenvalue weighted by Gasteiger charge is -2.39. The quantitative estimate of drug-likeness (QED) is 0.930. The first kappa shape index (κ1) is 15.0. The van der Waals surface area contributed by atoms with Gasteiger partial charge in [0.1, 0.15) is 0 Å². The van der Waals surface area contributed by atoms with Gasteiger partial charge in [-0.1, -0.05) is 12.1 Å². The van der Waals surface area contributed by atoms with E-state index >= 15 is 0 Å². The average molecular weight is 318 g/mol. The van der Waals surface area contributed by atoms with Crippen LogP contribution in [0.3, 0.4) is 0 Å². The molecule has 6 heteroatoms. The van der Waals surface area contributed by atoms with E-state index in [1.807, 2.05) is 6.92 Å². The molecular formula is C17H26N4O2. The molecule has 6 nitrogen and oxygen atoms in total. The third kappa shape index (κ3) is 2.83. The number of carbonyl (C=O) groups is 1. The molecule has 4 fully saturated rings. The Morgan fingerprint density at radius 1 is 1.26 bits per heavy atom. The van der Waals surface area contributed by atoms with Gasteiger partial charge in [-0.05, 0) is 56.3 Å². The first-order valence-electron chi connectivity index (χ1n) is 8.99. The fraction of sp³-hybridized carbons (Fsp3) is 0.824. The smallest absolute Gasteiger partial charge is 0.318 e. The molecule has 1 aromatic rings. The Morgan fingerprint density at radius 3 is 2.57 bits per heavy atom. The maximum atomic E-state index is 12.9. The summed E-state index contributed by atoms with van der Waals surface area (Å²) in [6, 6.07) is 0.311. The highest BCUT2D eigenvalue weighted by molar-refractivity contribution is 5.75. The highest BCUT2D eigenvalue weighted by atomic mass is 16.5. The van der Waals surface area contributed by atoms with Crippen LogP contribution in [0.1, 0.15) is 63.2 Å². The zero-order valence-corrected chi connectivity index (χ0v) is 14.0. The van der Waals surface area contributed by atoms with E-state index in [4.69, 9.17) is 4.52 Å². The standard InChI is InChI=1S/C17H26N4O2/c1-3-15(16-18-10(2)23-20-16)19-17(22)21-9-13-5-11-4-12(6-13)8-14(21)7-11/h11-15H,3-9H2,1-2H3,(H,19,22)/t11-,12+,13?,14?,15-/m0/s1. The second-order valence-corrected chi connectivity index (χ2v) is 7.66. The second kappa shape index (κ2) is 5.80. The van der Waals surface area contributed by atoms with E-state index in [-0.39, 0.29) is 12.1 Å². The van der Waals surface area contributed by atoms with Crippen molar-refractivity contribution in [2.75, 3.05) is 6.54 Å². The average Bonchev–Trinajstić information content (AvgIpc) is 2.85. The van der Waals surface area contributed by atoms with Gasteiger partial charge in [-0.15, -0.1) is 0 Å². The van der Waals surface area contributed by atoms with E-state index in [0.29, 0.717) is 23.7 Å². The van der Waals surface area contributed by atoms with Crippen molar-refractivity contribution < 1.29 is 9.32 Å². The van der Waals surface area contributed by atoms with Crippen molar-refractivity contribution in [3.05, 3.63) is 11.7 Å². The molecule has 2 aliphatic carbocycles. The minimum absolute atomic E-state index is 0.0532. The van der Waals surface area contributed by atoms with Gasteiger partial charge in [-0.2, -0.15) is 4.98 Å². The summed E-state index contributed by atoms with van der Waals surface area (Å²) in [7, 11) is 0. The molecule has 1 N–H and O–H groups in total. The van der Waals surface area contributed by atoms with Gasteiger partial charge in [-0.3, -0.25) is 0 Å². The van der Waals surface area contributed by atoms with E-state index in [1.54, 1.807) is 6.92 Å². The fourth-order valence-electron chi connectivity index (χ4n) is 5.07. The first-order valence-corrected chi connectivity index (χ1v) is 8.99. The number of nitrogens with zero attached hydrogens (tertiary/aromatic N) is 3. The van der Waals surface area contributed by atoms with Crippen molar-refractivity contribution in [1.82, 2.24) is 20.4 Å². The maximum absolute atomic E-state index is 12.9. The monoisotopic (exact) mass is 318 g/mol. The van der Waals surface area contributed by atoms with Gasteiger partial charge in [0.2, 0.25) is 5.89 Å². The van der Waals surface area contributed by atoms with Gasteiger partial charge in [0.05, 0.1) is 6.04 Å². The van der Waals surface area contributed by atoms with Crippen LogP contribution in [0.4, 0.5) is 4.79 Å². The van der Waals surface area contributed by atoms with E-state index in [0.717, 1.165) is 24.8 Å². The Kier molecular flexibility index (Phi) is 3.77. The van der Waals surface area contributed by atoms with Crippen molar-refractivity contribution in [3.8, 4) is 0 Å².